The molecule has 1 atom stereocenters. The zero-order chi connectivity index (χ0) is 21.6. The number of nitrogens with one attached hydrogen (secondary N) is 1. The summed E-state index contributed by atoms with van der Waals surface area (Å²) in [5, 5.41) is 7.97. The van der Waals surface area contributed by atoms with Crippen molar-refractivity contribution >= 4 is 5.91 Å². The maximum Gasteiger partial charge on any atom is 0.258 e. The Morgan fingerprint density at radius 2 is 2.10 bits per heavy atom. The standard InChI is InChI=1S/C23H32N4O4/c1-3-27-22-10-12-30-15-20(22)21(25-27)14-26-11-4-5-17(13-26)24-23(28)16-31-19-8-6-18(29-2)7-9-19/h6-9,17H,3-5,10-16H2,1-2H3,(H,24,28). The van der Waals surface area contributed by atoms with E-state index in [4.69, 9.17) is 19.3 Å². The number of fused-ring (bicyclic) bond motifs is 1. The summed E-state index contributed by atoms with van der Waals surface area (Å²) in [4.78, 5) is 14.8. The van der Waals surface area contributed by atoms with E-state index in [1.54, 1.807) is 19.2 Å². The molecular weight excluding hydrogens is 396 g/mol. The molecule has 168 valence electrons. The van der Waals surface area contributed by atoms with Crippen LogP contribution in [-0.4, -0.2) is 60.0 Å². The number of rotatable bonds is 8. The highest BCUT2D eigenvalue weighted by atomic mass is 16.5. The number of hydrogen-bond acceptors (Lipinski definition) is 6. The van der Waals surface area contributed by atoms with Gasteiger partial charge in [-0.05, 0) is 50.6 Å². The minimum absolute atomic E-state index is 0.00851. The van der Waals surface area contributed by atoms with Crippen molar-refractivity contribution in [3.63, 3.8) is 0 Å². The molecular formula is C23H32N4O4. The van der Waals surface area contributed by atoms with Crippen LogP contribution in [0.4, 0.5) is 0 Å². The summed E-state index contributed by atoms with van der Waals surface area (Å²) in [6, 6.07) is 7.36. The van der Waals surface area contributed by atoms with Crippen LogP contribution in [0.3, 0.4) is 0 Å². The van der Waals surface area contributed by atoms with Gasteiger partial charge in [0, 0.05) is 43.4 Å². The van der Waals surface area contributed by atoms with E-state index in [-0.39, 0.29) is 18.6 Å². The number of aromatic nitrogens is 2. The van der Waals surface area contributed by atoms with Crippen molar-refractivity contribution in [3.8, 4) is 11.5 Å². The average Bonchev–Trinajstić information content (AvgIpc) is 3.16. The van der Waals surface area contributed by atoms with Crippen LogP contribution in [0.15, 0.2) is 24.3 Å². The Balaban J connectivity index is 1.28. The molecule has 0 saturated carbocycles. The van der Waals surface area contributed by atoms with Crippen molar-refractivity contribution in [3.05, 3.63) is 41.2 Å². The van der Waals surface area contributed by atoms with E-state index in [0.29, 0.717) is 12.4 Å². The van der Waals surface area contributed by atoms with E-state index in [0.717, 1.165) is 63.5 Å². The molecule has 1 unspecified atom stereocenters. The van der Waals surface area contributed by atoms with Crippen LogP contribution in [0.2, 0.25) is 0 Å². The van der Waals surface area contributed by atoms with E-state index in [9.17, 15) is 4.79 Å². The second-order valence-corrected chi connectivity index (χ2v) is 8.10. The summed E-state index contributed by atoms with van der Waals surface area (Å²) < 4.78 is 18.5. The van der Waals surface area contributed by atoms with Crippen LogP contribution in [0.25, 0.3) is 0 Å². The van der Waals surface area contributed by atoms with Crippen LogP contribution in [0.5, 0.6) is 11.5 Å². The second-order valence-electron chi connectivity index (χ2n) is 8.10. The Bertz CT molecular complexity index is 880. The summed E-state index contributed by atoms with van der Waals surface area (Å²) in [7, 11) is 1.62. The number of carbonyl (C=O) groups excluding carboxylic acids is 1. The average molecular weight is 429 g/mol. The highest BCUT2D eigenvalue weighted by Gasteiger charge is 2.26. The Kier molecular flexibility index (Phi) is 7.09. The molecule has 1 aromatic carbocycles. The van der Waals surface area contributed by atoms with Gasteiger partial charge in [-0.15, -0.1) is 0 Å². The van der Waals surface area contributed by atoms with Crippen LogP contribution in [0, 0.1) is 0 Å². The number of carbonyl (C=O) groups is 1. The van der Waals surface area contributed by atoms with Gasteiger partial charge in [-0.3, -0.25) is 14.4 Å². The highest BCUT2D eigenvalue weighted by Crippen LogP contribution is 2.23. The summed E-state index contributed by atoms with van der Waals surface area (Å²) in [5.74, 6) is 1.32. The molecule has 0 aliphatic carbocycles. The molecule has 2 aromatic rings. The fourth-order valence-electron chi connectivity index (χ4n) is 4.39. The van der Waals surface area contributed by atoms with Crippen LogP contribution in [-0.2, 0) is 35.6 Å². The minimum Gasteiger partial charge on any atom is -0.497 e. The number of piperidine rings is 1. The van der Waals surface area contributed by atoms with E-state index >= 15 is 0 Å². The lowest BCUT2D eigenvalue weighted by Gasteiger charge is -2.33. The molecule has 1 amide bonds. The first-order valence-corrected chi connectivity index (χ1v) is 11.1. The largest absolute Gasteiger partial charge is 0.497 e. The van der Waals surface area contributed by atoms with Gasteiger partial charge in [-0.1, -0.05) is 0 Å². The monoisotopic (exact) mass is 428 g/mol. The van der Waals surface area contributed by atoms with Gasteiger partial charge in [0.2, 0.25) is 0 Å². The Labute approximate surface area is 183 Å². The number of hydrogen-bond donors (Lipinski definition) is 1. The topological polar surface area (TPSA) is 77.9 Å². The summed E-state index contributed by atoms with van der Waals surface area (Å²) in [5.41, 5.74) is 3.69. The Morgan fingerprint density at radius 3 is 2.87 bits per heavy atom. The molecule has 8 heteroatoms. The molecule has 1 saturated heterocycles. The third-order valence-corrected chi connectivity index (χ3v) is 5.95. The summed E-state index contributed by atoms with van der Waals surface area (Å²) >= 11 is 0. The van der Waals surface area contributed by atoms with Gasteiger partial charge < -0.3 is 19.5 Å². The van der Waals surface area contributed by atoms with Crippen molar-refractivity contribution in [2.75, 3.05) is 33.4 Å². The van der Waals surface area contributed by atoms with Crippen LogP contribution >= 0.6 is 0 Å². The number of likely N-dealkylation sites (tertiary alicyclic amines) is 1. The molecule has 2 aliphatic rings. The zero-order valence-corrected chi connectivity index (χ0v) is 18.4. The number of amides is 1. The normalized spacial score (nSPS) is 19.0. The van der Waals surface area contributed by atoms with Crippen molar-refractivity contribution in [1.82, 2.24) is 20.0 Å². The Hall–Kier alpha value is -2.58. The van der Waals surface area contributed by atoms with Crippen LogP contribution in [0.1, 0.15) is 36.7 Å². The molecule has 1 N–H and O–H groups in total. The van der Waals surface area contributed by atoms with E-state index in [1.165, 1.54) is 11.3 Å². The van der Waals surface area contributed by atoms with Crippen LogP contribution < -0.4 is 14.8 Å². The third kappa shape index (κ3) is 5.37. The predicted molar refractivity (Wildman–Crippen MR) is 116 cm³/mol. The quantitative estimate of drug-likeness (QED) is 0.694. The van der Waals surface area contributed by atoms with Gasteiger partial charge in [-0.25, -0.2) is 0 Å². The lowest BCUT2D eigenvalue weighted by molar-refractivity contribution is -0.124. The first-order valence-electron chi connectivity index (χ1n) is 11.1. The summed E-state index contributed by atoms with van der Waals surface area (Å²) in [6.45, 7) is 7.09. The minimum atomic E-state index is -0.0938. The molecule has 0 spiro atoms. The van der Waals surface area contributed by atoms with Crippen molar-refractivity contribution in [2.45, 2.75) is 51.9 Å². The molecule has 1 aromatic heterocycles. The van der Waals surface area contributed by atoms with Gasteiger partial charge in [0.05, 0.1) is 26.0 Å². The molecule has 0 bridgehead atoms. The van der Waals surface area contributed by atoms with Gasteiger partial charge >= 0.3 is 0 Å². The number of ether oxygens (including phenoxy) is 3. The predicted octanol–water partition coefficient (Wildman–Crippen LogP) is 2.14. The van der Waals surface area contributed by atoms with E-state index in [2.05, 4.69) is 21.8 Å². The first-order chi connectivity index (χ1) is 15.2. The van der Waals surface area contributed by atoms with E-state index < -0.39 is 0 Å². The van der Waals surface area contributed by atoms with Gasteiger partial charge in [0.15, 0.2) is 6.61 Å². The molecule has 31 heavy (non-hydrogen) atoms. The molecule has 3 heterocycles. The highest BCUT2D eigenvalue weighted by molar-refractivity contribution is 5.77. The zero-order valence-electron chi connectivity index (χ0n) is 18.4. The fraction of sp³-hybridized carbons (Fsp3) is 0.565. The van der Waals surface area contributed by atoms with Crippen molar-refractivity contribution in [1.29, 1.82) is 0 Å². The van der Waals surface area contributed by atoms with E-state index in [1.807, 2.05) is 12.1 Å². The maximum atomic E-state index is 12.4. The Morgan fingerprint density at radius 1 is 1.29 bits per heavy atom. The van der Waals surface area contributed by atoms with Gasteiger partial charge in [0.1, 0.15) is 11.5 Å². The van der Waals surface area contributed by atoms with Crippen molar-refractivity contribution < 1.29 is 19.0 Å². The first kappa shape index (κ1) is 21.6. The smallest absolute Gasteiger partial charge is 0.258 e. The molecule has 2 aliphatic heterocycles. The number of methoxy groups -OCH3 is 1. The molecule has 0 radical (unpaired) electrons. The maximum absolute atomic E-state index is 12.4. The lowest BCUT2D eigenvalue weighted by Crippen LogP contribution is -2.48. The number of aryl methyl sites for hydroxylation is 1. The molecule has 4 rings (SSSR count). The lowest BCUT2D eigenvalue weighted by atomic mass is 10.0. The van der Waals surface area contributed by atoms with Crippen molar-refractivity contribution in [2.24, 2.45) is 0 Å². The van der Waals surface area contributed by atoms with Gasteiger partial charge in [-0.2, -0.15) is 5.10 Å². The SMILES string of the molecule is CCn1nc(CN2CCCC(NC(=O)COc3ccc(OC)cc3)C2)c2c1CCOC2. The molecule has 8 nitrogen and oxygen atoms in total. The number of nitrogens with zero attached hydrogens (tertiary/aromatic N) is 3. The number of benzene rings is 1. The fourth-order valence-corrected chi connectivity index (χ4v) is 4.39. The summed E-state index contributed by atoms with van der Waals surface area (Å²) in [6.07, 6.45) is 2.97. The third-order valence-electron chi connectivity index (χ3n) is 5.95. The second kappa shape index (κ2) is 10.2. The molecule has 1 fully saturated rings. The van der Waals surface area contributed by atoms with Gasteiger partial charge in [0.25, 0.3) is 5.91 Å².